The Bertz CT molecular complexity index is 440. The van der Waals surface area contributed by atoms with E-state index in [4.69, 9.17) is 0 Å². The summed E-state index contributed by atoms with van der Waals surface area (Å²) in [5.74, 6) is 1.54. The molecule has 2 N–H and O–H groups in total. The second kappa shape index (κ2) is 6.53. The molecule has 0 spiro atoms. The summed E-state index contributed by atoms with van der Waals surface area (Å²) >= 11 is 3.45. The van der Waals surface area contributed by atoms with E-state index >= 15 is 0 Å². The van der Waals surface area contributed by atoms with Crippen LogP contribution in [0.2, 0.25) is 0 Å². The highest BCUT2D eigenvalue weighted by Gasteiger charge is 2.26. The van der Waals surface area contributed by atoms with Gasteiger partial charge in [-0.3, -0.25) is 4.79 Å². The minimum absolute atomic E-state index is 0.100. The van der Waals surface area contributed by atoms with Gasteiger partial charge in [0.15, 0.2) is 6.54 Å². The molecule has 0 unspecified atom stereocenters. The number of carbonyl (C=O) groups is 1. The standard InChI is InChI=1S/C15H21BrN2O/c1-11-7-12(2)9-18(8-11)10-15(19)17-14-6-4-3-5-13(14)16/h3-6,11-12H,7-10H2,1-2H3,(H,17,19)/p+1/t11-,12-/m0/s1. The van der Waals surface area contributed by atoms with Gasteiger partial charge in [-0.2, -0.15) is 0 Å². The van der Waals surface area contributed by atoms with Gasteiger partial charge in [0.2, 0.25) is 0 Å². The van der Waals surface area contributed by atoms with E-state index in [-0.39, 0.29) is 5.91 Å². The number of piperidine rings is 1. The average molecular weight is 326 g/mol. The monoisotopic (exact) mass is 325 g/mol. The van der Waals surface area contributed by atoms with Crippen molar-refractivity contribution in [3.05, 3.63) is 28.7 Å². The molecule has 4 heteroatoms. The van der Waals surface area contributed by atoms with Crippen LogP contribution in [0, 0.1) is 11.8 Å². The molecule has 1 amide bonds. The molecular formula is C15H22BrN2O+. The van der Waals surface area contributed by atoms with Gasteiger partial charge in [0.25, 0.3) is 5.91 Å². The van der Waals surface area contributed by atoms with Gasteiger partial charge >= 0.3 is 0 Å². The van der Waals surface area contributed by atoms with Gasteiger partial charge in [-0.15, -0.1) is 0 Å². The zero-order chi connectivity index (χ0) is 13.8. The summed E-state index contributed by atoms with van der Waals surface area (Å²) < 4.78 is 0.929. The molecule has 0 bridgehead atoms. The van der Waals surface area contributed by atoms with Crippen molar-refractivity contribution in [2.24, 2.45) is 11.8 Å². The van der Waals surface area contributed by atoms with Crippen LogP contribution >= 0.6 is 15.9 Å². The van der Waals surface area contributed by atoms with Crippen molar-refractivity contribution < 1.29 is 9.69 Å². The predicted octanol–water partition coefficient (Wildman–Crippen LogP) is 1.95. The van der Waals surface area contributed by atoms with Gasteiger partial charge in [-0.1, -0.05) is 26.0 Å². The molecular weight excluding hydrogens is 304 g/mol. The Labute approximate surface area is 123 Å². The van der Waals surface area contributed by atoms with E-state index in [0.717, 1.165) is 35.1 Å². The number of amides is 1. The number of hydrogen-bond donors (Lipinski definition) is 2. The summed E-state index contributed by atoms with van der Waals surface area (Å²) in [6, 6.07) is 7.73. The Morgan fingerprint density at radius 1 is 1.32 bits per heavy atom. The van der Waals surface area contributed by atoms with Gasteiger partial charge in [0.1, 0.15) is 0 Å². The summed E-state index contributed by atoms with van der Waals surface area (Å²) in [4.78, 5) is 13.5. The molecule has 1 aromatic rings. The lowest BCUT2D eigenvalue weighted by Gasteiger charge is -2.31. The van der Waals surface area contributed by atoms with Gasteiger partial charge in [-0.05, 0) is 34.5 Å². The van der Waals surface area contributed by atoms with Gasteiger partial charge < -0.3 is 10.2 Å². The third-order valence-corrected chi connectivity index (χ3v) is 4.33. The molecule has 1 aliphatic heterocycles. The highest BCUT2D eigenvalue weighted by atomic mass is 79.9. The van der Waals surface area contributed by atoms with Crippen LogP contribution in [0.1, 0.15) is 20.3 Å². The molecule has 0 radical (unpaired) electrons. The maximum atomic E-state index is 12.1. The van der Waals surface area contributed by atoms with E-state index < -0.39 is 0 Å². The Hall–Kier alpha value is -0.870. The molecule has 2 atom stereocenters. The molecule has 1 heterocycles. The Morgan fingerprint density at radius 2 is 1.95 bits per heavy atom. The average Bonchev–Trinajstić information content (AvgIpc) is 2.30. The summed E-state index contributed by atoms with van der Waals surface area (Å²) in [7, 11) is 0. The molecule has 1 aliphatic rings. The normalized spacial score (nSPS) is 27.0. The summed E-state index contributed by atoms with van der Waals surface area (Å²) in [6.07, 6.45) is 1.29. The topological polar surface area (TPSA) is 33.5 Å². The van der Waals surface area contributed by atoms with Crippen molar-refractivity contribution in [2.75, 3.05) is 25.0 Å². The summed E-state index contributed by atoms with van der Waals surface area (Å²) in [5.41, 5.74) is 0.852. The lowest BCUT2D eigenvalue weighted by Crippen LogP contribution is -3.15. The van der Waals surface area contributed by atoms with Crippen LogP contribution in [0.25, 0.3) is 0 Å². The zero-order valence-electron chi connectivity index (χ0n) is 11.6. The van der Waals surface area contributed by atoms with E-state index in [0.29, 0.717) is 6.54 Å². The van der Waals surface area contributed by atoms with Crippen molar-refractivity contribution in [2.45, 2.75) is 20.3 Å². The van der Waals surface area contributed by atoms with Crippen LogP contribution < -0.4 is 10.2 Å². The Morgan fingerprint density at radius 3 is 2.58 bits per heavy atom. The predicted molar refractivity (Wildman–Crippen MR) is 81.3 cm³/mol. The fourth-order valence-electron chi connectivity index (χ4n) is 3.05. The van der Waals surface area contributed by atoms with Gasteiger partial charge in [0, 0.05) is 16.3 Å². The number of halogens is 1. The number of quaternary nitrogens is 1. The minimum Gasteiger partial charge on any atom is -0.327 e. The van der Waals surface area contributed by atoms with E-state index in [1.54, 1.807) is 0 Å². The van der Waals surface area contributed by atoms with Crippen LogP contribution in [0.4, 0.5) is 5.69 Å². The molecule has 0 aliphatic carbocycles. The lowest BCUT2D eigenvalue weighted by atomic mass is 9.92. The number of likely N-dealkylation sites (tertiary alicyclic amines) is 1. The third kappa shape index (κ3) is 4.32. The molecule has 1 fully saturated rings. The fraction of sp³-hybridized carbons (Fsp3) is 0.533. The summed E-state index contributed by atoms with van der Waals surface area (Å²) in [5, 5.41) is 2.98. The van der Waals surface area contributed by atoms with E-state index in [9.17, 15) is 4.79 Å². The van der Waals surface area contributed by atoms with Crippen LogP contribution in [0.15, 0.2) is 28.7 Å². The molecule has 19 heavy (non-hydrogen) atoms. The third-order valence-electron chi connectivity index (χ3n) is 3.64. The zero-order valence-corrected chi connectivity index (χ0v) is 13.2. The second-order valence-corrected chi connectivity index (χ2v) is 6.66. The number of rotatable bonds is 3. The van der Waals surface area contributed by atoms with Gasteiger partial charge in [0.05, 0.1) is 18.8 Å². The smallest absolute Gasteiger partial charge is 0.279 e. The molecule has 104 valence electrons. The quantitative estimate of drug-likeness (QED) is 0.875. The Balaban J connectivity index is 1.89. The van der Waals surface area contributed by atoms with Crippen LogP contribution in [0.5, 0.6) is 0 Å². The van der Waals surface area contributed by atoms with E-state index in [1.165, 1.54) is 11.3 Å². The fourth-order valence-corrected chi connectivity index (χ4v) is 3.43. The number of anilines is 1. The lowest BCUT2D eigenvalue weighted by molar-refractivity contribution is -0.904. The van der Waals surface area contributed by atoms with E-state index in [2.05, 4.69) is 35.1 Å². The first-order valence-electron chi connectivity index (χ1n) is 6.92. The highest BCUT2D eigenvalue weighted by molar-refractivity contribution is 9.10. The largest absolute Gasteiger partial charge is 0.327 e. The highest BCUT2D eigenvalue weighted by Crippen LogP contribution is 2.20. The van der Waals surface area contributed by atoms with Crippen LogP contribution in [-0.4, -0.2) is 25.5 Å². The van der Waals surface area contributed by atoms with Crippen molar-refractivity contribution in [1.29, 1.82) is 0 Å². The van der Waals surface area contributed by atoms with Gasteiger partial charge in [-0.25, -0.2) is 0 Å². The minimum atomic E-state index is 0.100. The SMILES string of the molecule is C[C@H]1C[C@H](C)C[NH+](CC(=O)Nc2ccccc2Br)C1. The number of hydrogen-bond acceptors (Lipinski definition) is 1. The number of nitrogens with one attached hydrogen (secondary N) is 2. The molecule has 0 aromatic heterocycles. The van der Waals surface area contributed by atoms with E-state index in [1.807, 2.05) is 24.3 Å². The second-order valence-electron chi connectivity index (χ2n) is 5.81. The van der Waals surface area contributed by atoms with Crippen molar-refractivity contribution in [1.82, 2.24) is 0 Å². The van der Waals surface area contributed by atoms with Crippen molar-refractivity contribution in [3.8, 4) is 0 Å². The maximum Gasteiger partial charge on any atom is 0.279 e. The number of benzene rings is 1. The number of carbonyl (C=O) groups excluding carboxylic acids is 1. The molecule has 0 saturated carbocycles. The Kier molecular flexibility index (Phi) is 4.99. The first-order chi connectivity index (χ1) is 9.04. The molecule has 1 saturated heterocycles. The maximum absolute atomic E-state index is 12.1. The molecule has 3 nitrogen and oxygen atoms in total. The first kappa shape index (κ1) is 14.5. The summed E-state index contributed by atoms with van der Waals surface area (Å²) in [6.45, 7) is 7.33. The van der Waals surface area contributed by atoms with Crippen LogP contribution in [0.3, 0.4) is 0 Å². The van der Waals surface area contributed by atoms with Crippen LogP contribution in [-0.2, 0) is 4.79 Å². The van der Waals surface area contributed by atoms with Crippen molar-refractivity contribution in [3.63, 3.8) is 0 Å². The first-order valence-corrected chi connectivity index (χ1v) is 7.72. The molecule has 1 aromatic carbocycles. The molecule has 2 rings (SSSR count). The number of para-hydroxylation sites is 1. The van der Waals surface area contributed by atoms with Crippen molar-refractivity contribution >= 4 is 27.5 Å².